The Morgan fingerprint density at radius 1 is 1.05 bits per heavy atom. The van der Waals surface area contributed by atoms with E-state index in [0.29, 0.717) is 42.4 Å². The van der Waals surface area contributed by atoms with E-state index < -0.39 is 86.3 Å². The zero-order valence-corrected chi connectivity index (χ0v) is 42.1. The number of amides is 5. The van der Waals surface area contributed by atoms with Crippen LogP contribution in [0.3, 0.4) is 0 Å². The van der Waals surface area contributed by atoms with E-state index in [-0.39, 0.29) is 95.8 Å². The Hall–Kier alpha value is -3.59. The molecule has 1 aromatic carbocycles. The first-order valence-corrected chi connectivity index (χ1v) is 24.0. The van der Waals surface area contributed by atoms with Crippen LogP contribution in [0.1, 0.15) is 103 Å². The van der Waals surface area contributed by atoms with Crippen molar-refractivity contribution in [3.8, 4) is 11.6 Å². The summed E-state index contributed by atoms with van der Waals surface area (Å²) in [7, 11) is -2.49. The molecule has 5 amide bonds. The number of methoxy groups -OCH3 is 1. The molecule has 65 heavy (non-hydrogen) atoms. The van der Waals surface area contributed by atoms with E-state index in [1.54, 1.807) is 46.2 Å². The van der Waals surface area contributed by atoms with E-state index in [1.807, 2.05) is 18.2 Å². The van der Waals surface area contributed by atoms with Crippen molar-refractivity contribution in [1.29, 1.82) is 0 Å². The largest absolute Gasteiger partial charge is 1.00 e. The number of rotatable bonds is 9. The second-order valence-electron chi connectivity index (χ2n) is 18.6. The number of nitrogens with zero attached hydrogens (tertiary/aromatic N) is 3. The Kier molecular flexibility index (Phi) is 16.9. The minimum absolute atomic E-state index is 0. The molecule has 2 aromatic rings. The Morgan fingerprint density at radius 3 is 2.42 bits per heavy atom. The first kappa shape index (κ1) is 50.8. The summed E-state index contributed by atoms with van der Waals surface area (Å²) in [5, 5.41) is 10.7. The van der Waals surface area contributed by atoms with Gasteiger partial charge >= 0.3 is 57.5 Å². The number of hydrogen-bond donors (Lipinski definition) is 3. The number of hydrogen-bond acceptors (Lipinski definition) is 12. The number of fused-ring (bicyclic) bond motifs is 3. The third-order valence-corrected chi connectivity index (χ3v) is 14.7. The number of ether oxygens (including phenoxy) is 4. The van der Waals surface area contributed by atoms with Crippen molar-refractivity contribution in [2.75, 3.05) is 26.9 Å². The average Bonchev–Trinajstić information content (AvgIpc) is 3.82. The SMILES string of the molecule is C=C[C@@H]1C[C@]1(NC(=O)[C@@H]1C[C@@H]2CN1C(=O)[C@H](C1CCCCC1)[N-]C(=O)[C@@H](NC(=O)OC(C)(C)C)COC/C=C\c1cc3c(nccc3cc1OC)O2)C(=O)NS(=O)(=O)C1CCCCC1.[K+]. The van der Waals surface area contributed by atoms with Crippen LogP contribution >= 0.6 is 0 Å². The molecule has 4 fully saturated rings. The zero-order valence-electron chi connectivity index (χ0n) is 38.1. The Labute approximate surface area is 423 Å². The van der Waals surface area contributed by atoms with E-state index in [0.717, 1.165) is 43.9 Å². The number of sulfonamides is 1. The van der Waals surface area contributed by atoms with Crippen LogP contribution < -0.4 is 76.2 Å². The summed E-state index contributed by atoms with van der Waals surface area (Å²) >= 11 is 0. The van der Waals surface area contributed by atoms with Gasteiger partial charge in [-0.1, -0.05) is 69.6 Å². The van der Waals surface area contributed by atoms with Crippen molar-refractivity contribution in [2.24, 2.45) is 11.8 Å². The minimum Gasteiger partial charge on any atom is -0.641 e. The molecular weight excluding hydrogens is 884 g/mol. The summed E-state index contributed by atoms with van der Waals surface area (Å²) in [6.07, 6.45) is 12.0. The van der Waals surface area contributed by atoms with Crippen LogP contribution in [0.4, 0.5) is 4.79 Å². The third kappa shape index (κ3) is 12.1. The fourth-order valence-corrected chi connectivity index (χ4v) is 11.0. The van der Waals surface area contributed by atoms with Crippen molar-refractivity contribution in [2.45, 2.75) is 138 Å². The molecule has 0 unspecified atom stereocenters. The summed E-state index contributed by atoms with van der Waals surface area (Å²) in [5.41, 5.74) is -1.83. The Bertz CT molecular complexity index is 2260. The normalized spacial score (nSPS) is 27.4. The van der Waals surface area contributed by atoms with Crippen LogP contribution in [0.15, 0.2) is 43.1 Å². The number of aromatic nitrogens is 1. The van der Waals surface area contributed by atoms with Gasteiger partial charge in [-0.05, 0) is 75.6 Å². The molecule has 2 aliphatic heterocycles. The van der Waals surface area contributed by atoms with Gasteiger partial charge in [0, 0.05) is 29.5 Å². The van der Waals surface area contributed by atoms with E-state index in [1.165, 1.54) is 11.0 Å². The molecule has 4 bridgehead atoms. The zero-order chi connectivity index (χ0) is 45.8. The summed E-state index contributed by atoms with van der Waals surface area (Å²) in [6, 6.07) is 1.70. The number of alkyl carbamates (subject to hydrolysis) is 1. The average molecular weight is 945 g/mol. The maximum atomic E-state index is 15.2. The van der Waals surface area contributed by atoms with Gasteiger partial charge in [0.05, 0.1) is 44.1 Å². The molecule has 0 radical (unpaired) electrons. The van der Waals surface area contributed by atoms with Crippen LogP contribution in [-0.4, -0.2) is 116 Å². The fourth-order valence-electron chi connectivity index (χ4n) is 9.40. The summed E-state index contributed by atoms with van der Waals surface area (Å²) in [5.74, 6) is -3.09. The van der Waals surface area contributed by atoms with Crippen LogP contribution in [0, 0.1) is 11.8 Å². The molecule has 0 spiro atoms. The number of pyridine rings is 1. The molecule has 19 heteroatoms. The van der Waals surface area contributed by atoms with E-state index >= 15 is 4.79 Å². The van der Waals surface area contributed by atoms with Crippen LogP contribution in [0.25, 0.3) is 22.2 Å². The molecule has 348 valence electrons. The molecule has 3 N–H and O–H groups in total. The van der Waals surface area contributed by atoms with Crippen molar-refractivity contribution in [1.82, 2.24) is 25.2 Å². The minimum atomic E-state index is -4.04. The molecule has 6 atom stereocenters. The van der Waals surface area contributed by atoms with E-state index in [9.17, 15) is 27.6 Å². The van der Waals surface area contributed by atoms with Crippen molar-refractivity contribution >= 4 is 56.6 Å². The van der Waals surface area contributed by atoms with Crippen molar-refractivity contribution < 1.29 is 103 Å². The van der Waals surface area contributed by atoms with Crippen molar-refractivity contribution in [3.05, 3.63) is 54.0 Å². The maximum absolute atomic E-state index is 15.2. The van der Waals surface area contributed by atoms with E-state index in [4.69, 9.17) is 18.9 Å². The van der Waals surface area contributed by atoms with Gasteiger partial charge in [-0.3, -0.25) is 19.1 Å². The predicted octanol–water partition coefficient (Wildman–Crippen LogP) is 2.22. The summed E-state index contributed by atoms with van der Waals surface area (Å²) < 4.78 is 52.8. The van der Waals surface area contributed by atoms with Gasteiger partial charge in [0.2, 0.25) is 27.7 Å². The first-order valence-electron chi connectivity index (χ1n) is 22.4. The molecule has 3 heterocycles. The molecule has 1 saturated heterocycles. The van der Waals surface area contributed by atoms with Gasteiger partial charge in [-0.2, -0.15) is 0 Å². The molecule has 3 saturated carbocycles. The molecule has 1 aromatic heterocycles. The second-order valence-corrected chi connectivity index (χ2v) is 20.6. The molecule has 3 aliphatic carbocycles. The van der Waals surface area contributed by atoms with Gasteiger partial charge in [0.15, 0.2) is 0 Å². The smallest absolute Gasteiger partial charge is 0.641 e. The van der Waals surface area contributed by atoms with Crippen LogP contribution in [-0.2, 0) is 38.7 Å². The van der Waals surface area contributed by atoms with Gasteiger partial charge < -0.3 is 44.6 Å². The number of nitrogens with one attached hydrogen (secondary N) is 3. The second kappa shape index (κ2) is 21.6. The molecular formula is C46H61KN6O11S. The van der Waals surface area contributed by atoms with Gasteiger partial charge in [-0.25, -0.2) is 18.2 Å². The monoisotopic (exact) mass is 944 g/mol. The Balaban J connectivity index is 0.00000700. The standard InChI is InChI=1S/C46H62N6O11S.K/c1-6-31-25-46(31,43(56)51-64(58,59)33-17-11-8-12-18-33)50-40(54)36-24-32-26-52(36)42(55)38(28-14-9-7-10-15-28)49-39(53)35(48-44(57)63-45(2,3)4)27-61-21-13-16-30-22-34-29(23-37(30)60-5)19-20-47-41(34)62-32;/h6,13,16,19-20,22-23,28,31-33,35-36,38H,1,7-12,14-15,17-18,21,24-27H2,2-5H3,(H4,48,49,50,51,53,54,56,57);/q;+1/p-1/b16-13-;/t31-,32-,35+,36+,38+,46-;/m1./s1. The first-order chi connectivity index (χ1) is 30.5. The molecule has 7 rings (SSSR count). The number of carbonyl (C=O) groups excluding carboxylic acids is 5. The quantitative estimate of drug-likeness (QED) is 0.243. The summed E-state index contributed by atoms with van der Waals surface area (Å²) in [4.78, 5) is 77.1. The molecule has 5 aliphatic rings. The van der Waals surface area contributed by atoms with Crippen LogP contribution in [0.2, 0.25) is 0 Å². The fraction of sp³-hybridized carbons (Fsp3) is 0.609. The number of carbonyl (C=O) groups is 5. The van der Waals surface area contributed by atoms with Gasteiger partial charge in [0.1, 0.15) is 29.0 Å². The summed E-state index contributed by atoms with van der Waals surface area (Å²) in [6.45, 7) is 8.55. The predicted molar refractivity (Wildman–Crippen MR) is 238 cm³/mol. The topological polar surface area (TPSA) is 223 Å². The van der Waals surface area contributed by atoms with E-state index in [2.05, 4.69) is 32.2 Å². The van der Waals surface area contributed by atoms with Gasteiger partial charge in [-0.15, -0.1) is 6.58 Å². The molecule has 17 nitrogen and oxygen atoms in total. The Morgan fingerprint density at radius 2 is 1.75 bits per heavy atom. The maximum Gasteiger partial charge on any atom is 1.00 e. The van der Waals surface area contributed by atoms with Gasteiger partial charge in [0.25, 0.3) is 5.91 Å². The van der Waals surface area contributed by atoms with Crippen LogP contribution in [0.5, 0.6) is 11.6 Å². The third-order valence-electron chi connectivity index (χ3n) is 12.9. The number of benzene rings is 1. The van der Waals surface area contributed by atoms with Crippen molar-refractivity contribution in [3.63, 3.8) is 0 Å².